The molecule has 0 fully saturated rings. The van der Waals surface area contributed by atoms with Gasteiger partial charge in [0.25, 0.3) is 0 Å². The summed E-state index contributed by atoms with van der Waals surface area (Å²) in [4.78, 5) is 14.7. The van der Waals surface area contributed by atoms with Crippen LogP contribution < -0.4 is 15.4 Å². The summed E-state index contributed by atoms with van der Waals surface area (Å²) < 4.78 is 8.16. The number of amides is 1. The van der Waals surface area contributed by atoms with Crippen molar-refractivity contribution < 1.29 is 19.7 Å². The molecule has 0 spiro atoms. The number of likely N-dealkylation sites (N-methyl/N-ethyl adjacent to an activating group) is 1. The second-order valence-electron chi connectivity index (χ2n) is 7.67. The molecule has 4 rings (SSSR count). The van der Waals surface area contributed by atoms with E-state index < -0.39 is 0 Å². The zero-order valence-corrected chi connectivity index (χ0v) is 19.6. The Kier molecular flexibility index (Phi) is 8.15. The Bertz CT molecular complexity index is 1130. The fourth-order valence-corrected chi connectivity index (χ4v) is 3.96. The zero-order valence-electron chi connectivity index (χ0n) is 18.8. The highest BCUT2D eigenvalue weighted by Gasteiger charge is 2.28. The number of hydrogen-bond acceptors (Lipinski definition) is 7. The number of nitrogens with zero attached hydrogens (tertiary/aromatic N) is 3. The van der Waals surface area contributed by atoms with Gasteiger partial charge in [0.2, 0.25) is 5.91 Å². The van der Waals surface area contributed by atoms with Crippen molar-refractivity contribution in [1.82, 2.24) is 20.0 Å². The molecule has 2 aromatic carbocycles. The Morgan fingerprint density at radius 2 is 2.00 bits per heavy atom. The largest absolute Gasteiger partial charge is 0.508 e. The van der Waals surface area contributed by atoms with Crippen molar-refractivity contribution in [1.29, 1.82) is 0 Å². The first kappa shape index (κ1) is 24.8. The molecule has 0 unspecified atom stereocenters. The molecule has 1 aliphatic rings. The normalized spacial score (nSPS) is 11.8. The van der Waals surface area contributed by atoms with Crippen LogP contribution >= 0.6 is 12.4 Å². The van der Waals surface area contributed by atoms with Crippen LogP contribution in [-0.4, -0.2) is 70.1 Å². The van der Waals surface area contributed by atoms with Crippen molar-refractivity contribution in [3.8, 4) is 28.5 Å². The van der Waals surface area contributed by atoms with E-state index in [1.807, 2.05) is 16.8 Å². The van der Waals surface area contributed by atoms with Crippen LogP contribution in [0, 0.1) is 0 Å². The van der Waals surface area contributed by atoms with Crippen molar-refractivity contribution >= 4 is 34.9 Å². The molecule has 178 valence electrons. The molecular formula is C23H30ClN5O4. The van der Waals surface area contributed by atoms with Gasteiger partial charge in [-0.3, -0.25) is 9.48 Å². The molecule has 9 nitrogen and oxygen atoms in total. The molecular weight excluding hydrogens is 446 g/mol. The molecule has 4 N–H and O–H groups in total. The van der Waals surface area contributed by atoms with Gasteiger partial charge in [0.15, 0.2) is 5.75 Å². The van der Waals surface area contributed by atoms with E-state index in [0.29, 0.717) is 30.3 Å². The maximum atomic E-state index is 12.4. The molecule has 10 heteroatoms. The average Bonchev–Trinajstić information content (AvgIpc) is 3.16. The monoisotopic (exact) mass is 475 g/mol. The summed E-state index contributed by atoms with van der Waals surface area (Å²) in [5.74, 6) is 1.02. The van der Waals surface area contributed by atoms with Gasteiger partial charge in [0.1, 0.15) is 17.2 Å². The van der Waals surface area contributed by atoms with E-state index in [9.17, 15) is 9.90 Å². The molecule has 1 aliphatic heterocycles. The van der Waals surface area contributed by atoms with Gasteiger partial charge in [-0.2, -0.15) is 5.10 Å². The summed E-state index contributed by atoms with van der Waals surface area (Å²) in [6.07, 6.45) is 0. The van der Waals surface area contributed by atoms with E-state index in [0.717, 1.165) is 41.8 Å². The first-order valence-corrected chi connectivity index (χ1v) is 10.9. The first-order chi connectivity index (χ1) is 15.5. The molecule has 0 saturated heterocycles. The summed E-state index contributed by atoms with van der Waals surface area (Å²) in [6, 6.07) is 8.69. The maximum Gasteiger partial charge on any atom is 0.238 e. The average molecular weight is 476 g/mol. The third-order valence-electron chi connectivity index (χ3n) is 5.67. The van der Waals surface area contributed by atoms with Crippen LogP contribution in [0.15, 0.2) is 30.3 Å². The Hall–Kier alpha value is -2.85. The number of hydrogen-bond donors (Lipinski definition) is 4. The standard InChI is InChI=1S/C23H29N5O4.ClH/c1-3-27(4-2)10-11-28-18-7-6-17(25-20(31)14-24-9-12-29)23-21(18)22(26-28)16-13-15(30)5-8-19(16)32-23;/h5-8,13,24,29-30H,3-4,9-12,14H2,1-2H3,(H,25,31);1H. The minimum Gasteiger partial charge on any atom is -0.508 e. The van der Waals surface area contributed by atoms with Crippen LogP contribution in [0.1, 0.15) is 13.8 Å². The van der Waals surface area contributed by atoms with Gasteiger partial charge in [-0.15, -0.1) is 12.4 Å². The highest BCUT2D eigenvalue weighted by Crippen LogP contribution is 2.50. The Morgan fingerprint density at radius 1 is 1.21 bits per heavy atom. The molecule has 1 amide bonds. The molecule has 2 heterocycles. The van der Waals surface area contributed by atoms with Crippen LogP contribution in [0.3, 0.4) is 0 Å². The number of phenolic OH excluding ortho intramolecular Hbond substituents is 1. The fourth-order valence-electron chi connectivity index (χ4n) is 3.96. The van der Waals surface area contributed by atoms with Crippen LogP contribution in [0.4, 0.5) is 5.69 Å². The van der Waals surface area contributed by atoms with E-state index in [1.165, 1.54) is 0 Å². The Balaban J connectivity index is 0.00000306. The SMILES string of the molecule is CCN(CC)CCn1nc2c3c(c(NC(=O)CNCCO)ccc31)Oc1ccc(O)cc1-2.Cl. The molecule has 0 saturated carbocycles. The number of phenols is 1. The van der Waals surface area contributed by atoms with Gasteiger partial charge in [0.05, 0.1) is 36.3 Å². The highest BCUT2D eigenvalue weighted by atomic mass is 35.5. The minimum atomic E-state index is -0.232. The molecule has 3 aromatic rings. The van der Waals surface area contributed by atoms with Crippen LogP contribution in [0.2, 0.25) is 0 Å². The summed E-state index contributed by atoms with van der Waals surface area (Å²) in [5.41, 5.74) is 2.91. The number of carbonyl (C=O) groups is 1. The quantitative estimate of drug-likeness (QED) is 0.261. The van der Waals surface area contributed by atoms with Gasteiger partial charge in [0, 0.05) is 18.7 Å². The lowest BCUT2D eigenvalue weighted by Gasteiger charge is -2.20. The number of benzene rings is 2. The van der Waals surface area contributed by atoms with Gasteiger partial charge < -0.3 is 30.5 Å². The minimum absolute atomic E-state index is 0. The van der Waals surface area contributed by atoms with E-state index >= 15 is 0 Å². The highest BCUT2D eigenvalue weighted by molar-refractivity contribution is 6.07. The first-order valence-electron chi connectivity index (χ1n) is 10.9. The maximum absolute atomic E-state index is 12.4. The van der Waals surface area contributed by atoms with Crippen LogP contribution in [0.5, 0.6) is 17.2 Å². The fraction of sp³-hybridized carbons (Fsp3) is 0.391. The Labute approximate surface area is 198 Å². The van der Waals surface area contributed by atoms with Crippen molar-refractivity contribution in [2.75, 3.05) is 44.6 Å². The number of carbonyl (C=O) groups excluding carboxylic acids is 1. The number of fused-ring (bicyclic) bond motifs is 2. The number of anilines is 1. The van der Waals surface area contributed by atoms with E-state index in [4.69, 9.17) is 14.9 Å². The van der Waals surface area contributed by atoms with Crippen molar-refractivity contribution in [3.05, 3.63) is 30.3 Å². The number of aromatic nitrogens is 2. The second kappa shape index (κ2) is 10.8. The molecule has 0 atom stereocenters. The number of nitrogens with one attached hydrogen (secondary N) is 2. The Morgan fingerprint density at radius 3 is 2.73 bits per heavy atom. The predicted octanol–water partition coefficient (Wildman–Crippen LogP) is 2.80. The number of aliphatic hydroxyl groups is 1. The van der Waals surface area contributed by atoms with Crippen molar-refractivity contribution in [2.24, 2.45) is 0 Å². The van der Waals surface area contributed by atoms with Crippen LogP contribution in [0.25, 0.3) is 22.2 Å². The molecule has 1 aromatic heterocycles. The third kappa shape index (κ3) is 5.06. The lowest BCUT2D eigenvalue weighted by atomic mass is 10.0. The summed E-state index contributed by atoms with van der Waals surface area (Å²) in [6.45, 7) is 8.17. The van der Waals surface area contributed by atoms with E-state index in [-0.39, 0.29) is 37.2 Å². The summed E-state index contributed by atoms with van der Waals surface area (Å²) in [5, 5.41) is 30.4. The van der Waals surface area contributed by atoms with Gasteiger partial charge in [-0.1, -0.05) is 13.8 Å². The third-order valence-corrected chi connectivity index (χ3v) is 5.67. The van der Waals surface area contributed by atoms with Gasteiger partial charge in [-0.05, 0) is 43.4 Å². The van der Waals surface area contributed by atoms with Gasteiger partial charge >= 0.3 is 0 Å². The summed E-state index contributed by atoms with van der Waals surface area (Å²) in [7, 11) is 0. The van der Waals surface area contributed by atoms with Gasteiger partial charge in [-0.25, -0.2) is 0 Å². The number of halogens is 1. The van der Waals surface area contributed by atoms with E-state index in [1.54, 1.807) is 18.2 Å². The van der Waals surface area contributed by atoms with Crippen molar-refractivity contribution in [2.45, 2.75) is 20.4 Å². The number of aromatic hydroxyl groups is 1. The lowest BCUT2D eigenvalue weighted by molar-refractivity contribution is -0.115. The number of rotatable bonds is 10. The van der Waals surface area contributed by atoms with E-state index in [2.05, 4.69) is 29.4 Å². The molecule has 0 bridgehead atoms. The smallest absolute Gasteiger partial charge is 0.238 e. The molecule has 33 heavy (non-hydrogen) atoms. The van der Waals surface area contributed by atoms with Crippen molar-refractivity contribution in [3.63, 3.8) is 0 Å². The predicted molar refractivity (Wildman–Crippen MR) is 131 cm³/mol. The number of aliphatic hydroxyl groups excluding tert-OH is 1. The second-order valence-corrected chi connectivity index (χ2v) is 7.67. The van der Waals surface area contributed by atoms with Crippen LogP contribution in [-0.2, 0) is 11.3 Å². The molecule has 0 aliphatic carbocycles. The number of ether oxygens (including phenoxy) is 1. The topological polar surface area (TPSA) is 112 Å². The molecule has 0 radical (unpaired) electrons. The lowest BCUT2D eigenvalue weighted by Crippen LogP contribution is -2.30. The summed E-state index contributed by atoms with van der Waals surface area (Å²) >= 11 is 0. The zero-order chi connectivity index (χ0) is 22.7.